The van der Waals surface area contributed by atoms with E-state index in [1.807, 2.05) is 24.9 Å². The Bertz CT molecular complexity index is 452. The van der Waals surface area contributed by atoms with Gasteiger partial charge >= 0.3 is 0 Å². The first-order valence-corrected chi connectivity index (χ1v) is 10.8. The van der Waals surface area contributed by atoms with E-state index in [2.05, 4.69) is 24.1 Å². The van der Waals surface area contributed by atoms with Gasteiger partial charge in [0.15, 0.2) is 0 Å². The molecular formula is C20H36N2OS. The van der Waals surface area contributed by atoms with Crippen LogP contribution in [-0.2, 0) is 12.3 Å². The molecule has 0 saturated carbocycles. The summed E-state index contributed by atoms with van der Waals surface area (Å²) in [5, 5.41) is 13.9. The molecule has 0 unspecified atom stereocenters. The molecule has 1 rings (SSSR count). The lowest BCUT2D eigenvalue weighted by molar-refractivity contribution is 0.455. The summed E-state index contributed by atoms with van der Waals surface area (Å²) < 4.78 is 0. The van der Waals surface area contributed by atoms with Gasteiger partial charge in [-0.05, 0) is 37.6 Å². The Kier molecular flexibility index (Phi) is 12.0. The number of nitrogens with one attached hydrogen (secondary N) is 1. The van der Waals surface area contributed by atoms with Crippen molar-refractivity contribution in [1.29, 1.82) is 0 Å². The summed E-state index contributed by atoms with van der Waals surface area (Å²) in [5.74, 6) is 2.51. The maximum atomic E-state index is 10.4. The Morgan fingerprint density at radius 1 is 1.04 bits per heavy atom. The molecule has 138 valence electrons. The molecule has 1 heterocycles. The predicted octanol–water partition coefficient (Wildman–Crippen LogP) is 5.58. The van der Waals surface area contributed by atoms with Gasteiger partial charge in [0.25, 0.3) is 0 Å². The van der Waals surface area contributed by atoms with Crippen LogP contribution in [0.5, 0.6) is 5.75 Å². The summed E-state index contributed by atoms with van der Waals surface area (Å²) in [7, 11) is 0. The summed E-state index contributed by atoms with van der Waals surface area (Å²) in [6, 6.07) is 0. The first-order chi connectivity index (χ1) is 11.7. The zero-order chi connectivity index (χ0) is 17.6. The van der Waals surface area contributed by atoms with Crippen molar-refractivity contribution in [2.75, 3.05) is 12.3 Å². The van der Waals surface area contributed by atoms with Crippen LogP contribution in [0.4, 0.5) is 0 Å². The topological polar surface area (TPSA) is 45.2 Å². The average Bonchev–Trinajstić information content (AvgIpc) is 2.59. The van der Waals surface area contributed by atoms with Crippen molar-refractivity contribution in [3.05, 3.63) is 23.0 Å². The van der Waals surface area contributed by atoms with Gasteiger partial charge < -0.3 is 10.4 Å². The Balaban J connectivity index is 2.44. The van der Waals surface area contributed by atoms with Crippen LogP contribution in [0, 0.1) is 6.92 Å². The van der Waals surface area contributed by atoms with Crippen LogP contribution in [-0.4, -0.2) is 22.4 Å². The molecule has 0 aliphatic heterocycles. The second-order valence-corrected chi connectivity index (χ2v) is 7.65. The van der Waals surface area contributed by atoms with Gasteiger partial charge in [-0.3, -0.25) is 4.98 Å². The van der Waals surface area contributed by atoms with E-state index in [1.165, 1.54) is 62.7 Å². The van der Waals surface area contributed by atoms with Crippen molar-refractivity contribution in [3.63, 3.8) is 0 Å². The number of nitrogens with zero attached hydrogens (tertiary/aromatic N) is 1. The van der Waals surface area contributed by atoms with Gasteiger partial charge in [0.05, 0.1) is 5.69 Å². The number of rotatable bonds is 14. The van der Waals surface area contributed by atoms with Gasteiger partial charge in [-0.1, -0.05) is 52.4 Å². The van der Waals surface area contributed by atoms with Gasteiger partial charge in [0.2, 0.25) is 0 Å². The molecule has 0 saturated heterocycles. The van der Waals surface area contributed by atoms with Crippen molar-refractivity contribution in [1.82, 2.24) is 10.3 Å². The zero-order valence-electron chi connectivity index (χ0n) is 15.9. The molecule has 3 nitrogen and oxygen atoms in total. The predicted molar refractivity (Wildman–Crippen MR) is 107 cm³/mol. The van der Waals surface area contributed by atoms with E-state index in [4.69, 9.17) is 0 Å². The smallest absolute Gasteiger partial charge is 0.141 e. The third-order valence-corrected chi connectivity index (χ3v) is 5.43. The summed E-state index contributed by atoms with van der Waals surface area (Å²) in [6.45, 7) is 8.12. The molecule has 24 heavy (non-hydrogen) atoms. The number of aryl methyl sites for hydroxylation is 1. The van der Waals surface area contributed by atoms with Crippen LogP contribution in [0.1, 0.15) is 82.0 Å². The minimum Gasteiger partial charge on any atom is -0.506 e. The average molecular weight is 353 g/mol. The van der Waals surface area contributed by atoms with E-state index >= 15 is 0 Å². The summed E-state index contributed by atoms with van der Waals surface area (Å²) in [4.78, 5) is 4.35. The largest absolute Gasteiger partial charge is 0.506 e. The lowest BCUT2D eigenvalue weighted by Crippen LogP contribution is -2.16. The molecule has 1 aromatic rings. The Hall–Kier alpha value is -0.740. The molecule has 0 bridgehead atoms. The van der Waals surface area contributed by atoms with Crippen LogP contribution < -0.4 is 5.32 Å². The molecule has 0 atom stereocenters. The monoisotopic (exact) mass is 352 g/mol. The minimum absolute atomic E-state index is 0.375. The van der Waals surface area contributed by atoms with Crippen LogP contribution >= 0.6 is 11.8 Å². The minimum atomic E-state index is 0.375. The first kappa shape index (κ1) is 21.3. The Labute approximate surface area is 153 Å². The fraction of sp³-hybridized carbons (Fsp3) is 0.750. The molecule has 0 aliphatic carbocycles. The standard InChI is InChI=1S/C20H36N2OS/c1-4-6-8-10-12-21-15-19-18(14-22-17(3)20(19)23)16-24-13-11-9-7-5-2/h14,21,23H,4-13,15-16H2,1-3H3. The Morgan fingerprint density at radius 3 is 2.46 bits per heavy atom. The molecule has 1 aromatic heterocycles. The van der Waals surface area contributed by atoms with Gasteiger partial charge in [-0.2, -0.15) is 11.8 Å². The van der Waals surface area contributed by atoms with E-state index < -0.39 is 0 Å². The van der Waals surface area contributed by atoms with Crippen molar-refractivity contribution in [3.8, 4) is 5.75 Å². The van der Waals surface area contributed by atoms with Crippen molar-refractivity contribution in [2.45, 2.75) is 84.4 Å². The lowest BCUT2D eigenvalue weighted by atomic mass is 10.1. The zero-order valence-corrected chi connectivity index (χ0v) is 16.7. The number of thioether (sulfide) groups is 1. The quantitative estimate of drug-likeness (QED) is 0.429. The van der Waals surface area contributed by atoms with E-state index in [1.54, 1.807) is 0 Å². The van der Waals surface area contributed by atoms with Gasteiger partial charge in [0, 0.05) is 24.1 Å². The SMILES string of the molecule is CCCCCCNCc1c(CSCCCCCC)cnc(C)c1O. The van der Waals surface area contributed by atoms with E-state index in [-0.39, 0.29) is 0 Å². The molecule has 2 N–H and O–H groups in total. The highest BCUT2D eigenvalue weighted by Gasteiger charge is 2.11. The van der Waals surface area contributed by atoms with Crippen molar-refractivity contribution >= 4 is 11.8 Å². The normalized spacial score (nSPS) is 11.1. The fourth-order valence-corrected chi connectivity index (χ4v) is 3.73. The number of aromatic hydroxyl groups is 1. The molecule has 0 spiro atoms. The fourth-order valence-electron chi connectivity index (χ4n) is 2.71. The highest BCUT2D eigenvalue weighted by atomic mass is 32.2. The van der Waals surface area contributed by atoms with Gasteiger partial charge in [-0.15, -0.1) is 0 Å². The van der Waals surface area contributed by atoms with Gasteiger partial charge in [0.1, 0.15) is 5.75 Å². The maximum Gasteiger partial charge on any atom is 0.141 e. The highest BCUT2D eigenvalue weighted by Crippen LogP contribution is 2.27. The first-order valence-electron chi connectivity index (χ1n) is 9.65. The molecule has 0 fully saturated rings. The molecule has 4 heteroatoms. The third kappa shape index (κ3) is 8.39. The van der Waals surface area contributed by atoms with Crippen LogP contribution in [0.25, 0.3) is 0 Å². The Morgan fingerprint density at radius 2 is 1.75 bits per heavy atom. The van der Waals surface area contributed by atoms with Crippen LogP contribution in [0.3, 0.4) is 0 Å². The van der Waals surface area contributed by atoms with E-state index in [0.717, 1.165) is 30.1 Å². The maximum absolute atomic E-state index is 10.4. The number of hydrogen-bond donors (Lipinski definition) is 2. The van der Waals surface area contributed by atoms with Crippen LogP contribution in [0.15, 0.2) is 6.20 Å². The molecule has 0 aromatic carbocycles. The summed E-state index contributed by atoms with van der Waals surface area (Å²) in [6.07, 6.45) is 12.2. The molecular weight excluding hydrogens is 316 g/mol. The molecule has 0 amide bonds. The number of hydrogen-bond acceptors (Lipinski definition) is 4. The second kappa shape index (κ2) is 13.5. The van der Waals surface area contributed by atoms with Crippen molar-refractivity contribution < 1.29 is 5.11 Å². The highest BCUT2D eigenvalue weighted by molar-refractivity contribution is 7.98. The van der Waals surface area contributed by atoms with E-state index in [0.29, 0.717) is 5.75 Å². The number of pyridine rings is 1. The molecule has 0 aliphatic rings. The molecule has 0 radical (unpaired) electrons. The number of unbranched alkanes of at least 4 members (excludes halogenated alkanes) is 6. The van der Waals surface area contributed by atoms with Crippen LogP contribution in [0.2, 0.25) is 0 Å². The van der Waals surface area contributed by atoms with Crippen molar-refractivity contribution in [2.24, 2.45) is 0 Å². The third-order valence-electron chi connectivity index (χ3n) is 4.34. The van der Waals surface area contributed by atoms with Gasteiger partial charge in [-0.25, -0.2) is 0 Å². The number of aromatic nitrogens is 1. The summed E-state index contributed by atoms with van der Waals surface area (Å²) in [5.41, 5.74) is 2.95. The van der Waals surface area contributed by atoms with E-state index in [9.17, 15) is 5.11 Å². The summed E-state index contributed by atoms with van der Waals surface area (Å²) >= 11 is 1.96. The second-order valence-electron chi connectivity index (χ2n) is 6.55. The lowest BCUT2D eigenvalue weighted by Gasteiger charge is -2.14.